The van der Waals surface area contributed by atoms with Gasteiger partial charge in [-0.25, -0.2) is 4.79 Å². The standard InChI is InChI=1S/C37H72N2O6/c1-3-5-7-9-11-13-15-17-19-26-32-44-35(40)29-22-21-25-31-39(37(42)43)34(38)28-23-24-30-36(41)45-33-27-20-18-16-14-12-10-8-6-4-2/h34H,3-33,38H2,1-2H3,(H,42,43). The maximum absolute atomic E-state index is 12.0. The minimum absolute atomic E-state index is 0.167. The fourth-order valence-electron chi connectivity index (χ4n) is 5.61. The van der Waals surface area contributed by atoms with Crippen molar-refractivity contribution in [2.75, 3.05) is 19.8 Å². The fourth-order valence-corrected chi connectivity index (χ4v) is 5.61. The number of carboxylic acid groups (broad SMARTS) is 1. The first-order chi connectivity index (χ1) is 21.9. The first kappa shape index (κ1) is 43.2. The third-order valence-corrected chi connectivity index (χ3v) is 8.58. The van der Waals surface area contributed by atoms with Crippen LogP contribution in [0.3, 0.4) is 0 Å². The molecule has 0 aliphatic carbocycles. The zero-order chi connectivity index (χ0) is 33.2. The van der Waals surface area contributed by atoms with Gasteiger partial charge in [-0.2, -0.15) is 0 Å². The predicted octanol–water partition coefficient (Wildman–Crippen LogP) is 10.3. The summed E-state index contributed by atoms with van der Waals surface area (Å²) in [5, 5.41) is 9.60. The lowest BCUT2D eigenvalue weighted by Gasteiger charge is -2.26. The Balaban J connectivity index is 3.71. The molecule has 45 heavy (non-hydrogen) atoms. The van der Waals surface area contributed by atoms with Crippen molar-refractivity contribution in [3.05, 3.63) is 0 Å². The monoisotopic (exact) mass is 641 g/mol. The van der Waals surface area contributed by atoms with Crippen molar-refractivity contribution in [1.82, 2.24) is 4.90 Å². The molecule has 0 aromatic heterocycles. The van der Waals surface area contributed by atoms with Gasteiger partial charge in [0.2, 0.25) is 0 Å². The summed E-state index contributed by atoms with van der Waals surface area (Å²) in [5.41, 5.74) is 6.16. The van der Waals surface area contributed by atoms with Crippen LogP contribution in [0.1, 0.15) is 194 Å². The molecule has 0 saturated heterocycles. The van der Waals surface area contributed by atoms with Crippen LogP contribution in [-0.2, 0) is 19.1 Å². The Morgan fingerprint density at radius 2 is 0.889 bits per heavy atom. The minimum Gasteiger partial charge on any atom is -0.466 e. The van der Waals surface area contributed by atoms with E-state index in [9.17, 15) is 19.5 Å². The van der Waals surface area contributed by atoms with Crippen LogP contribution in [0.15, 0.2) is 0 Å². The molecule has 3 N–H and O–H groups in total. The third kappa shape index (κ3) is 30.6. The van der Waals surface area contributed by atoms with Gasteiger partial charge in [-0.3, -0.25) is 14.5 Å². The second kappa shape index (κ2) is 33.5. The molecule has 0 fully saturated rings. The number of unbranched alkanes of at least 4 members (excludes halogenated alkanes) is 21. The number of ether oxygens (including phenoxy) is 2. The van der Waals surface area contributed by atoms with Gasteiger partial charge in [-0.15, -0.1) is 0 Å². The molecule has 8 heteroatoms. The van der Waals surface area contributed by atoms with Crippen molar-refractivity contribution in [2.45, 2.75) is 200 Å². The van der Waals surface area contributed by atoms with E-state index in [1.807, 2.05) is 0 Å². The second-order valence-electron chi connectivity index (χ2n) is 12.9. The van der Waals surface area contributed by atoms with Crippen LogP contribution in [-0.4, -0.2) is 54.0 Å². The van der Waals surface area contributed by atoms with Crippen LogP contribution in [0.5, 0.6) is 0 Å². The zero-order valence-corrected chi connectivity index (χ0v) is 29.5. The van der Waals surface area contributed by atoms with Crippen molar-refractivity contribution < 1.29 is 29.0 Å². The van der Waals surface area contributed by atoms with Crippen LogP contribution in [0, 0.1) is 0 Å². The molecule has 0 radical (unpaired) electrons. The Morgan fingerprint density at radius 1 is 0.533 bits per heavy atom. The van der Waals surface area contributed by atoms with Crippen LogP contribution in [0.2, 0.25) is 0 Å². The van der Waals surface area contributed by atoms with Gasteiger partial charge in [-0.05, 0) is 44.9 Å². The summed E-state index contributed by atoms with van der Waals surface area (Å²) in [6, 6.07) is 0. The lowest BCUT2D eigenvalue weighted by molar-refractivity contribution is -0.144. The Hall–Kier alpha value is -1.83. The number of rotatable bonds is 34. The number of carbonyl (C=O) groups is 3. The molecule has 0 saturated carbocycles. The van der Waals surface area contributed by atoms with E-state index in [1.54, 1.807) is 0 Å². The number of nitrogens with zero attached hydrogens (tertiary/aromatic N) is 1. The van der Waals surface area contributed by atoms with Gasteiger partial charge < -0.3 is 20.3 Å². The Bertz CT molecular complexity index is 690. The van der Waals surface area contributed by atoms with Gasteiger partial charge in [0.25, 0.3) is 0 Å². The van der Waals surface area contributed by atoms with E-state index in [1.165, 1.54) is 108 Å². The Morgan fingerprint density at radius 3 is 1.29 bits per heavy atom. The van der Waals surface area contributed by atoms with E-state index in [0.29, 0.717) is 64.7 Å². The summed E-state index contributed by atoms with van der Waals surface area (Å²) in [6.45, 7) is 5.80. The van der Waals surface area contributed by atoms with Gasteiger partial charge in [0.05, 0.1) is 19.4 Å². The molecule has 0 bridgehead atoms. The summed E-state index contributed by atoms with van der Waals surface area (Å²) in [6.07, 6.45) is 27.9. The van der Waals surface area contributed by atoms with Crippen molar-refractivity contribution in [2.24, 2.45) is 5.73 Å². The van der Waals surface area contributed by atoms with E-state index in [-0.39, 0.29) is 11.9 Å². The number of esters is 2. The van der Waals surface area contributed by atoms with E-state index >= 15 is 0 Å². The van der Waals surface area contributed by atoms with Crippen molar-refractivity contribution in [1.29, 1.82) is 0 Å². The quantitative estimate of drug-likeness (QED) is 0.0408. The Labute approximate surface area is 276 Å². The van der Waals surface area contributed by atoms with Crippen LogP contribution >= 0.6 is 0 Å². The van der Waals surface area contributed by atoms with Gasteiger partial charge in [0.1, 0.15) is 0 Å². The van der Waals surface area contributed by atoms with Crippen LogP contribution in [0.25, 0.3) is 0 Å². The maximum atomic E-state index is 12.0. The van der Waals surface area contributed by atoms with Crippen LogP contribution < -0.4 is 5.73 Å². The highest BCUT2D eigenvalue weighted by Gasteiger charge is 2.19. The first-order valence-corrected chi connectivity index (χ1v) is 19.0. The minimum atomic E-state index is -1.03. The highest BCUT2D eigenvalue weighted by Crippen LogP contribution is 2.13. The SMILES string of the molecule is CCCCCCCCCCCCOC(=O)CCCCCN(C(=O)O)C(N)CCCCC(=O)OCCCCCCCCCCCC. The highest BCUT2D eigenvalue weighted by atomic mass is 16.5. The van der Waals surface area contributed by atoms with Gasteiger partial charge in [0, 0.05) is 19.4 Å². The molecule has 0 aromatic rings. The molecule has 0 aliphatic heterocycles. The zero-order valence-electron chi connectivity index (χ0n) is 29.5. The predicted molar refractivity (Wildman–Crippen MR) is 185 cm³/mol. The lowest BCUT2D eigenvalue weighted by Crippen LogP contribution is -2.45. The van der Waals surface area contributed by atoms with Crippen LogP contribution in [0.4, 0.5) is 4.79 Å². The molecule has 1 atom stereocenters. The first-order valence-electron chi connectivity index (χ1n) is 19.0. The van der Waals surface area contributed by atoms with Gasteiger partial charge in [0.15, 0.2) is 0 Å². The molecule has 0 aliphatic rings. The average molecular weight is 641 g/mol. The normalized spacial score (nSPS) is 11.8. The van der Waals surface area contributed by atoms with Gasteiger partial charge >= 0.3 is 18.0 Å². The second-order valence-corrected chi connectivity index (χ2v) is 12.9. The third-order valence-electron chi connectivity index (χ3n) is 8.58. The summed E-state index contributed by atoms with van der Waals surface area (Å²) < 4.78 is 10.7. The van der Waals surface area contributed by atoms with E-state index in [0.717, 1.165) is 32.1 Å². The molecule has 0 aromatic carbocycles. The van der Waals surface area contributed by atoms with Crippen molar-refractivity contribution >= 4 is 18.0 Å². The molecule has 0 spiro atoms. The van der Waals surface area contributed by atoms with E-state index in [2.05, 4.69) is 13.8 Å². The number of hydrogen-bond acceptors (Lipinski definition) is 6. The molecule has 1 unspecified atom stereocenters. The smallest absolute Gasteiger partial charge is 0.408 e. The fraction of sp³-hybridized carbons (Fsp3) is 0.919. The van der Waals surface area contributed by atoms with Crippen molar-refractivity contribution in [3.63, 3.8) is 0 Å². The molecular weight excluding hydrogens is 568 g/mol. The number of hydrogen-bond donors (Lipinski definition) is 2. The highest BCUT2D eigenvalue weighted by molar-refractivity contribution is 5.69. The Kier molecular flexibility index (Phi) is 32.2. The topological polar surface area (TPSA) is 119 Å². The molecule has 266 valence electrons. The number of amides is 1. The summed E-state index contributed by atoms with van der Waals surface area (Å²) in [7, 11) is 0. The summed E-state index contributed by atoms with van der Waals surface area (Å²) >= 11 is 0. The van der Waals surface area contributed by atoms with E-state index in [4.69, 9.17) is 15.2 Å². The molecule has 8 nitrogen and oxygen atoms in total. The summed E-state index contributed by atoms with van der Waals surface area (Å²) in [4.78, 5) is 37.0. The number of nitrogens with two attached hydrogens (primary N) is 1. The molecule has 0 rings (SSSR count). The average Bonchev–Trinajstić information content (AvgIpc) is 3.02. The largest absolute Gasteiger partial charge is 0.466 e. The lowest BCUT2D eigenvalue weighted by atomic mass is 10.1. The summed E-state index contributed by atoms with van der Waals surface area (Å²) in [5.74, 6) is -0.351. The maximum Gasteiger partial charge on any atom is 0.408 e. The van der Waals surface area contributed by atoms with Crippen molar-refractivity contribution in [3.8, 4) is 0 Å². The van der Waals surface area contributed by atoms with E-state index < -0.39 is 12.3 Å². The van der Waals surface area contributed by atoms with Gasteiger partial charge in [-0.1, -0.05) is 136 Å². The molecular formula is C37H72N2O6. The molecule has 1 amide bonds. The molecule has 0 heterocycles. The number of carbonyl (C=O) groups excluding carboxylic acids is 2.